The van der Waals surface area contributed by atoms with Crippen molar-refractivity contribution in [2.75, 3.05) is 13.2 Å². The van der Waals surface area contributed by atoms with Crippen molar-refractivity contribution < 1.29 is 19.1 Å². The number of carbonyl (C=O) groups excluding carboxylic acids is 2. The van der Waals surface area contributed by atoms with Gasteiger partial charge >= 0.3 is 11.9 Å². The van der Waals surface area contributed by atoms with Gasteiger partial charge in [0.1, 0.15) is 0 Å². The van der Waals surface area contributed by atoms with Crippen LogP contribution in [-0.2, 0) is 19.1 Å². The third-order valence-electron chi connectivity index (χ3n) is 5.20. The van der Waals surface area contributed by atoms with Gasteiger partial charge in [0.05, 0.1) is 13.2 Å². The summed E-state index contributed by atoms with van der Waals surface area (Å²) < 4.78 is 10.9. The maximum Gasteiger partial charge on any atom is 0.323 e. The van der Waals surface area contributed by atoms with Crippen LogP contribution in [0.15, 0.2) is 0 Å². The minimum atomic E-state index is -1.15. The minimum Gasteiger partial charge on any atom is -0.465 e. The van der Waals surface area contributed by atoms with Crippen LogP contribution in [0.2, 0.25) is 0 Å². The van der Waals surface area contributed by atoms with Gasteiger partial charge in [-0.25, -0.2) is 0 Å². The van der Waals surface area contributed by atoms with Crippen molar-refractivity contribution in [1.82, 2.24) is 0 Å². The Balaban J connectivity index is 4.87. The molecule has 0 rings (SSSR count). The number of carbonyl (C=O) groups is 2. The molecule has 0 aromatic heterocycles. The molecule has 0 aliphatic carbocycles. The third-order valence-corrected chi connectivity index (χ3v) is 5.20. The van der Waals surface area contributed by atoms with Gasteiger partial charge in [-0.2, -0.15) is 0 Å². The Morgan fingerprint density at radius 3 is 1.22 bits per heavy atom. The fourth-order valence-corrected chi connectivity index (χ4v) is 2.62. The molecule has 0 heterocycles. The van der Waals surface area contributed by atoms with Crippen LogP contribution >= 0.6 is 0 Å². The van der Waals surface area contributed by atoms with E-state index in [4.69, 9.17) is 9.47 Å². The number of ether oxygens (including phenoxy) is 2. The zero-order chi connectivity index (χ0) is 17.9. The molecule has 0 unspecified atom stereocenters. The average molecular weight is 328 g/mol. The zero-order valence-corrected chi connectivity index (χ0v) is 15.9. The topological polar surface area (TPSA) is 52.6 Å². The first-order valence-corrected chi connectivity index (χ1v) is 9.29. The molecular weight excluding hydrogens is 292 g/mol. The smallest absolute Gasteiger partial charge is 0.323 e. The van der Waals surface area contributed by atoms with E-state index in [9.17, 15) is 9.59 Å². The Bertz CT molecular complexity index is 309. The van der Waals surface area contributed by atoms with Crippen molar-refractivity contribution >= 4 is 11.9 Å². The maximum absolute atomic E-state index is 12.6. The summed E-state index contributed by atoms with van der Waals surface area (Å²) in [6.07, 6.45) is 4.69. The molecule has 0 atom stereocenters. The SMILES string of the molecule is CCC(CC)COC(=O)C(CC)(CC)C(=O)OCC(CC)CC. The lowest BCUT2D eigenvalue weighted by atomic mass is 9.82. The first-order valence-electron chi connectivity index (χ1n) is 9.29. The summed E-state index contributed by atoms with van der Waals surface area (Å²) in [5, 5.41) is 0. The van der Waals surface area contributed by atoms with Gasteiger partial charge in [-0.3, -0.25) is 9.59 Å². The number of hydrogen-bond donors (Lipinski definition) is 0. The van der Waals surface area contributed by atoms with Crippen LogP contribution in [-0.4, -0.2) is 25.2 Å². The second-order valence-electron chi connectivity index (χ2n) is 6.35. The molecule has 0 N–H and O–H groups in total. The second kappa shape index (κ2) is 11.5. The molecule has 0 saturated heterocycles. The molecule has 0 amide bonds. The Morgan fingerprint density at radius 1 is 0.696 bits per heavy atom. The van der Waals surface area contributed by atoms with Crippen LogP contribution in [0.25, 0.3) is 0 Å². The fourth-order valence-electron chi connectivity index (χ4n) is 2.62. The largest absolute Gasteiger partial charge is 0.465 e. The molecular formula is C19H36O4. The third kappa shape index (κ3) is 6.15. The molecule has 136 valence electrons. The lowest BCUT2D eigenvalue weighted by molar-refractivity contribution is -0.175. The summed E-state index contributed by atoms with van der Waals surface area (Å²) >= 11 is 0. The first-order chi connectivity index (χ1) is 10.9. The monoisotopic (exact) mass is 328 g/mol. The highest BCUT2D eigenvalue weighted by atomic mass is 16.6. The van der Waals surface area contributed by atoms with Crippen LogP contribution in [0, 0.1) is 17.3 Å². The molecule has 0 saturated carbocycles. The van der Waals surface area contributed by atoms with Gasteiger partial charge in [0.2, 0.25) is 0 Å². The minimum absolute atomic E-state index is 0.353. The molecule has 0 aliphatic rings. The van der Waals surface area contributed by atoms with Gasteiger partial charge in [-0.05, 0) is 24.7 Å². The van der Waals surface area contributed by atoms with Crippen molar-refractivity contribution in [2.45, 2.75) is 80.1 Å². The summed E-state index contributed by atoms with van der Waals surface area (Å²) in [6, 6.07) is 0. The van der Waals surface area contributed by atoms with Crippen molar-refractivity contribution in [3.63, 3.8) is 0 Å². The quantitative estimate of drug-likeness (QED) is 0.383. The molecule has 0 spiro atoms. The van der Waals surface area contributed by atoms with Crippen molar-refractivity contribution in [3.05, 3.63) is 0 Å². The summed E-state index contributed by atoms with van der Waals surface area (Å²) in [5.74, 6) is -0.148. The summed E-state index contributed by atoms with van der Waals surface area (Å²) in [4.78, 5) is 25.1. The van der Waals surface area contributed by atoms with E-state index in [0.717, 1.165) is 25.7 Å². The number of hydrogen-bond acceptors (Lipinski definition) is 4. The Hall–Kier alpha value is -1.06. The van der Waals surface area contributed by atoms with E-state index < -0.39 is 17.4 Å². The van der Waals surface area contributed by atoms with E-state index in [2.05, 4.69) is 27.7 Å². The highest BCUT2D eigenvalue weighted by Gasteiger charge is 2.46. The van der Waals surface area contributed by atoms with Gasteiger partial charge in [0.15, 0.2) is 5.41 Å². The number of esters is 2. The lowest BCUT2D eigenvalue weighted by Gasteiger charge is -2.28. The zero-order valence-electron chi connectivity index (χ0n) is 15.9. The maximum atomic E-state index is 12.6. The van der Waals surface area contributed by atoms with E-state index in [0.29, 0.717) is 37.9 Å². The van der Waals surface area contributed by atoms with Crippen LogP contribution in [0.3, 0.4) is 0 Å². The van der Waals surface area contributed by atoms with E-state index in [1.54, 1.807) is 0 Å². The van der Waals surface area contributed by atoms with E-state index in [-0.39, 0.29) is 0 Å². The summed E-state index contributed by atoms with van der Waals surface area (Å²) in [5.41, 5.74) is -1.15. The van der Waals surface area contributed by atoms with E-state index in [1.807, 2.05) is 13.8 Å². The Labute approximate surface area is 142 Å². The van der Waals surface area contributed by atoms with Crippen LogP contribution in [0.4, 0.5) is 0 Å². The van der Waals surface area contributed by atoms with Crippen LogP contribution in [0.5, 0.6) is 0 Å². The predicted octanol–water partition coefficient (Wildman–Crippen LogP) is 4.75. The number of rotatable bonds is 12. The molecule has 0 aromatic carbocycles. The van der Waals surface area contributed by atoms with Crippen molar-refractivity contribution in [1.29, 1.82) is 0 Å². The standard InChI is InChI=1S/C19H36O4/c1-7-15(8-2)13-22-17(20)19(11-5,12-6)18(21)23-14-16(9-3)10-4/h15-16H,7-14H2,1-6H3. The first kappa shape index (κ1) is 21.9. The molecule has 0 fully saturated rings. The molecule has 23 heavy (non-hydrogen) atoms. The lowest BCUT2D eigenvalue weighted by Crippen LogP contribution is -2.42. The summed E-state index contributed by atoms with van der Waals surface area (Å²) in [7, 11) is 0. The Kier molecular flexibility index (Phi) is 10.9. The molecule has 0 radical (unpaired) electrons. The van der Waals surface area contributed by atoms with Gasteiger partial charge < -0.3 is 9.47 Å². The van der Waals surface area contributed by atoms with E-state index >= 15 is 0 Å². The highest BCUT2D eigenvalue weighted by Crippen LogP contribution is 2.31. The van der Waals surface area contributed by atoms with Crippen LogP contribution in [0.1, 0.15) is 80.1 Å². The van der Waals surface area contributed by atoms with Crippen molar-refractivity contribution in [2.24, 2.45) is 17.3 Å². The van der Waals surface area contributed by atoms with Gasteiger partial charge in [0.25, 0.3) is 0 Å². The highest BCUT2D eigenvalue weighted by molar-refractivity contribution is 6.00. The predicted molar refractivity (Wildman–Crippen MR) is 93.1 cm³/mol. The molecule has 0 aliphatic heterocycles. The second-order valence-corrected chi connectivity index (χ2v) is 6.35. The fraction of sp³-hybridized carbons (Fsp3) is 0.895. The van der Waals surface area contributed by atoms with Crippen LogP contribution < -0.4 is 0 Å². The van der Waals surface area contributed by atoms with Gasteiger partial charge in [0, 0.05) is 0 Å². The normalized spacial score (nSPS) is 11.8. The summed E-state index contributed by atoms with van der Waals surface area (Å²) in [6.45, 7) is 12.8. The molecule has 4 heteroatoms. The van der Waals surface area contributed by atoms with Gasteiger partial charge in [-0.1, -0.05) is 67.2 Å². The Morgan fingerprint density at radius 2 is 1.00 bits per heavy atom. The average Bonchev–Trinajstić information content (AvgIpc) is 2.58. The van der Waals surface area contributed by atoms with Crippen molar-refractivity contribution in [3.8, 4) is 0 Å². The van der Waals surface area contributed by atoms with Gasteiger partial charge in [-0.15, -0.1) is 0 Å². The molecule has 0 aromatic rings. The molecule has 0 bridgehead atoms. The molecule has 4 nitrogen and oxygen atoms in total. The van der Waals surface area contributed by atoms with E-state index in [1.165, 1.54) is 0 Å².